The van der Waals surface area contributed by atoms with Crippen LogP contribution in [0.1, 0.15) is 17.0 Å². The third-order valence-electron chi connectivity index (χ3n) is 5.98. The molecule has 1 fully saturated rings. The molecule has 1 aliphatic heterocycles. The van der Waals surface area contributed by atoms with Gasteiger partial charge in [-0.2, -0.15) is 4.99 Å². The van der Waals surface area contributed by atoms with E-state index in [0.29, 0.717) is 34.2 Å². The molecule has 0 atom stereocenters. The van der Waals surface area contributed by atoms with E-state index in [1.54, 1.807) is 20.3 Å². The first-order valence-electron chi connectivity index (χ1n) is 12.2. The molecule has 0 aliphatic carbocycles. The number of aryl methyl sites for hydroxylation is 2. The summed E-state index contributed by atoms with van der Waals surface area (Å²) in [5.74, 6) is 2.40. The van der Waals surface area contributed by atoms with Crippen molar-refractivity contribution in [1.82, 2.24) is 19.8 Å². The number of rotatable bonds is 6. The van der Waals surface area contributed by atoms with Gasteiger partial charge in [-0.05, 0) is 49.8 Å². The Hall–Kier alpha value is -3.76. The average molecular weight is 520 g/mol. The molecule has 3 aromatic rings. The number of hydrogen-bond donors (Lipinski definition) is 2. The molecule has 2 aromatic carbocycles. The second-order valence-corrected chi connectivity index (χ2v) is 9.17. The van der Waals surface area contributed by atoms with E-state index in [2.05, 4.69) is 54.7 Å². The van der Waals surface area contributed by atoms with E-state index in [1.165, 1.54) is 5.56 Å². The molecule has 1 aliphatic rings. The largest absolute Gasteiger partial charge is 0.497 e. The van der Waals surface area contributed by atoms with E-state index >= 15 is 0 Å². The molecule has 0 bridgehead atoms. The quantitative estimate of drug-likeness (QED) is 0.284. The number of benzene rings is 2. The smallest absolute Gasteiger partial charge is 0.229 e. The maximum absolute atomic E-state index is 5.62. The fraction of sp³-hybridized carbons (Fsp3) is 0.333. The van der Waals surface area contributed by atoms with Crippen LogP contribution in [0.25, 0.3) is 0 Å². The van der Waals surface area contributed by atoms with Crippen molar-refractivity contribution in [2.45, 2.75) is 20.4 Å². The first-order chi connectivity index (χ1) is 17.9. The summed E-state index contributed by atoms with van der Waals surface area (Å²) >= 11 is 5.62. The minimum atomic E-state index is 0.294. The Balaban J connectivity index is 1.51. The number of aromatic nitrogens is 2. The van der Waals surface area contributed by atoms with Crippen LogP contribution < -0.4 is 20.1 Å². The fourth-order valence-corrected chi connectivity index (χ4v) is 4.36. The van der Waals surface area contributed by atoms with Crippen molar-refractivity contribution in [3.63, 3.8) is 0 Å². The van der Waals surface area contributed by atoms with Gasteiger partial charge in [-0.25, -0.2) is 9.97 Å². The van der Waals surface area contributed by atoms with Crippen LogP contribution in [-0.2, 0) is 6.54 Å². The highest BCUT2D eigenvalue weighted by Gasteiger charge is 2.22. The number of anilines is 2. The summed E-state index contributed by atoms with van der Waals surface area (Å²) in [6, 6.07) is 17.9. The van der Waals surface area contributed by atoms with E-state index in [1.807, 2.05) is 38.1 Å². The van der Waals surface area contributed by atoms with E-state index in [4.69, 9.17) is 26.7 Å². The molecule has 2 N–H and O–H groups in total. The van der Waals surface area contributed by atoms with Crippen LogP contribution in [0.3, 0.4) is 0 Å². The van der Waals surface area contributed by atoms with Gasteiger partial charge in [0.2, 0.25) is 17.0 Å². The summed E-state index contributed by atoms with van der Waals surface area (Å²) in [6.45, 7) is 8.19. The van der Waals surface area contributed by atoms with Gasteiger partial charge in [0.05, 0.1) is 19.9 Å². The summed E-state index contributed by atoms with van der Waals surface area (Å²) in [6.07, 6.45) is 0. The van der Waals surface area contributed by atoms with Gasteiger partial charge < -0.3 is 19.7 Å². The molecule has 0 amide bonds. The lowest BCUT2D eigenvalue weighted by Gasteiger charge is -2.36. The number of guanidine groups is 1. The van der Waals surface area contributed by atoms with Gasteiger partial charge >= 0.3 is 0 Å². The predicted octanol–water partition coefficient (Wildman–Crippen LogP) is 4.09. The number of methoxy groups -OCH3 is 2. The lowest BCUT2D eigenvalue weighted by atomic mass is 10.2. The molecule has 10 heteroatoms. The minimum Gasteiger partial charge on any atom is -0.497 e. The lowest BCUT2D eigenvalue weighted by molar-refractivity contribution is 0.175. The number of nitrogens with zero attached hydrogens (tertiary/aromatic N) is 5. The molecular formula is C27H33N7O2S. The Bertz CT molecular complexity index is 1220. The summed E-state index contributed by atoms with van der Waals surface area (Å²) in [7, 11) is 3.22. The molecule has 0 spiro atoms. The topological polar surface area (TPSA) is 87.1 Å². The standard InChI is InChI=1S/C27H33N7O2S/c1-19-16-20(2)29-25(28-19)31-26(32-27(37)30-23-11-10-22(35-3)17-24(23)36-4)34-14-12-33(13-15-34)18-21-8-6-5-7-9-21/h5-11,16-17H,12-15,18H2,1-4H3,(H2,28,29,30,31,32,37). The maximum Gasteiger partial charge on any atom is 0.229 e. The highest BCUT2D eigenvalue weighted by molar-refractivity contribution is 7.80. The highest BCUT2D eigenvalue weighted by Crippen LogP contribution is 2.29. The van der Waals surface area contributed by atoms with E-state index in [9.17, 15) is 0 Å². The van der Waals surface area contributed by atoms with E-state index < -0.39 is 0 Å². The van der Waals surface area contributed by atoms with Gasteiger partial charge in [0.15, 0.2) is 0 Å². The van der Waals surface area contributed by atoms with Gasteiger partial charge in [0.25, 0.3) is 0 Å². The monoisotopic (exact) mass is 519 g/mol. The number of hydrogen-bond acceptors (Lipinski definition) is 6. The molecule has 1 aromatic heterocycles. The minimum absolute atomic E-state index is 0.294. The normalized spacial score (nSPS) is 14.3. The highest BCUT2D eigenvalue weighted by atomic mass is 32.1. The first-order valence-corrected chi connectivity index (χ1v) is 12.6. The van der Waals surface area contributed by atoms with Crippen LogP contribution in [-0.4, -0.2) is 71.2 Å². The van der Waals surface area contributed by atoms with Crippen molar-refractivity contribution in [2.24, 2.45) is 4.99 Å². The number of aliphatic imine (C=N–C) groups is 1. The van der Waals surface area contributed by atoms with Crippen LogP contribution in [0.4, 0.5) is 11.6 Å². The molecule has 0 saturated carbocycles. The number of thiocarbonyl (C=S) groups is 1. The SMILES string of the molecule is COc1ccc(NC(=S)/N=C(/Nc2nc(C)cc(C)n2)N2CCN(Cc3ccccc3)CC2)c(OC)c1. The van der Waals surface area contributed by atoms with Crippen molar-refractivity contribution < 1.29 is 9.47 Å². The molecule has 9 nitrogen and oxygen atoms in total. The Morgan fingerprint density at radius 1 is 0.919 bits per heavy atom. The fourth-order valence-electron chi connectivity index (χ4n) is 4.16. The molecule has 4 rings (SSSR count). The summed E-state index contributed by atoms with van der Waals surface area (Å²) in [5.41, 5.74) is 3.77. The third-order valence-corrected chi connectivity index (χ3v) is 6.18. The number of ether oxygens (including phenoxy) is 2. The van der Waals surface area contributed by atoms with E-state index in [-0.39, 0.29) is 0 Å². The van der Waals surface area contributed by atoms with Gasteiger partial charge in [-0.15, -0.1) is 0 Å². The van der Waals surface area contributed by atoms with Gasteiger partial charge in [-0.3, -0.25) is 10.2 Å². The Morgan fingerprint density at radius 3 is 2.27 bits per heavy atom. The summed E-state index contributed by atoms with van der Waals surface area (Å²) < 4.78 is 10.8. The van der Waals surface area contributed by atoms with Crippen molar-refractivity contribution in [2.75, 3.05) is 51.0 Å². The lowest BCUT2D eigenvalue weighted by Crippen LogP contribution is -2.50. The van der Waals surface area contributed by atoms with Gasteiger partial charge in [0, 0.05) is 50.2 Å². The van der Waals surface area contributed by atoms with Crippen LogP contribution in [0.5, 0.6) is 11.5 Å². The van der Waals surface area contributed by atoms with Crippen LogP contribution in [0.2, 0.25) is 0 Å². The van der Waals surface area contributed by atoms with Crippen molar-refractivity contribution in [1.29, 1.82) is 0 Å². The molecule has 2 heterocycles. The second-order valence-electron chi connectivity index (χ2n) is 8.78. The molecule has 0 unspecified atom stereocenters. The molecule has 0 radical (unpaired) electrons. The zero-order chi connectivity index (χ0) is 26.2. The van der Waals surface area contributed by atoms with Gasteiger partial charge in [-0.1, -0.05) is 30.3 Å². The molecule has 194 valence electrons. The van der Waals surface area contributed by atoms with Crippen LogP contribution >= 0.6 is 12.2 Å². The number of nitrogens with one attached hydrogen (secondary N) is 2. The summed E-state index contributed by atoms with van der Waals surface area (Å²) in [5, 5.41) is 6.79. The van der Waals surface area contributed by atoms with Gasteiger partial charge in [0.1, 0.15) is 11.5 Å². The summed E-state index contributed by atoms with van der Waals surface area (Å²) in [4.78, 5) is 18.4. The van der Waals surface area contributed by atoms with Crippen LogP contribution in [0.15, 0.2) is 59.6 Å². The average Bonchev–Trinajstić information content (AvgIpc) is 2.89. The first kappa shape index (κ1) is 26.3. The predicted molar refractivity (Wildman–Crippen MR) is 152 cm³/mol. The number of piperazine rings is 1. The third kappa shape index (κ3) is 7.37. The molecular weight excluding hydrogens is 486 g/mol. The van der Waals surface area contributed by atoms with Crippen molar-refractivity contribution in [3.05, 3.63) is 71.5 Å². The van der Waals surface area contributed by atoms with Crippen molar-refractivity contribution in [3.8, 4) is 11.5 Å². The second kappa shape index (κ2) is 12.5. The molecule has 37 heavy (non-hydrogen) atoms. The van der Waals surface area contributed by atoms with E-state index in [0.717, 1.165) is 44.1 Å². The van der Waals surface area contributed by atoms with Crippen molar-refractivity contribution >= 4 is 34.9 Å². The maximum atomic E-state index is 5.62. The zero-order valence-corrected chi connectivity index (χ0v) is 22.5. The Labute approximate surface area is 223 Å². The zero-order valence-electron chi connectivity index (χ0n) is 21.7. The Morgan fingerprint density at radius 2 is 1.62 bits per heavy atom. The van der Waals surface area contributed by atoms with Crippen LogP contribution in [0, 0.1) is 13.8 Å². The molecule has 1 saturated heterocycles. The Kier molecular flexibility index (Phi) is 8.86.